The number of carboxylic acid groups (broad SMARTS) is 1. The quantitative estimate of drug-likeness (QED) is 0.485. The van der Waals surface area contributed by atoms with Gasteiger partial charge in [-0.25, -0.2) is 4.98 Å². The lowest BCUT2D eigenvalue weighted by Crippen LogP contribution is -2.26. The van der Waals surface area contributed by atoms with E-state index in [1.165, 1.54) is 0 Å². The standard InChI is InChI=1S/C24H21N5O3/c30-24(31)23-18-12-29(13-19(18)23)11-16-3-1-14-9-17(4-5-20(14)27-16)32-22-6-2-15(10-25-22)21-7-8-26-28-21/h1-10,18-19,23H,11-13H2,(H,26,28)(H,30,31). The third-order valence-corrected chi connectivity index (χ3v) is 6.43. The summed E-state index contributed by atoms with van der Waals surface area (Å²) in [6, 6.07) is 15.5. The van der Waals surface area contributed by atoms with Gasteiger partial charge in [0, 0.05) is 49.0 Å². The predicted molar refractivity (Wildman–Crippen MR) is 117 cm³/mol. The molecule has 6 rings (SSSR count). The second kappa shape index (κ2) is 7.42. The fourth-order valence-corrected chi connectivity index (χ4v) is 4.77. The van der Waals surface area contributed by atoms with E-state index in [2.05, 4.69) is 26.1 Å². The monoisotopic (exact) mass is 427 g/mol. The molecule has 160 valence electrons. The maximum absolute atomic E-state index is 11.1. The molecule has 2 aliphatic rings. The smallest absolute Gasteiger partial charge is 0.307 e. The SMILES string of the molecule is O=C(O)C1C2CN(Cc3ccc4cc(Oc5ccc(-c6ccn[nH]6)cn5)ccc4n3)CC21. The highest BCUT2D eigenvalue weighted by Gasteiger charge is 2.59. The van der Waals surface area contributed by atoms with Crippen molar-refractivity contribution in [3.8, 4) is 22.9 Å². The van der Waals surface area contributed by atoms with Crippen molar-refractivity contribution < 1.29 is 14.6 Å². The van der Waals surface area contributed by atoms with Gasteiger partial charge >= 0.3 is 5.97 Å². The minimum atomic E-state index is -0.648. The zero-order chi connectivity index (χ0) is 21.7. The number of piperidine rings is 1. The summed E-state index contributed by atoms with van der Waals surface area (Å²) in [5, 5.41) is 17.0. The molecule has 1 saturated heterocycles. The number of ether oxygens (including phenoxy) is 1. The van der Waals surface area contributed by atoms with Gasteiger partial charge in [0.25, 0.3) is 0 Å². The Bertz CT molecular complexity index is 1280. The Morgan fingerprint density at radius 1 is 1.12 bits per heavy atom. The molecule has 4 aromatic rings. The first-order chi connectivity index (χ1) is 15.6. The number of hydrogen-bond donors (Lipinski definition) is 2. The van der Waals surface area contributed by atoms with Gasteiger partial charge in [0.1, 0.15) is 5.75 Å². The van der Waals surface area contributed by atoms with Gasteiger partial charge < -0.3 is 9.84 Å². The second-order valence-electron chi connectivity index (χ2n) is 8.50. The first-order valence-electron chi connectivity index (χ1n) is 10.6. The van der Waals surface area contributed by atoms with E-state index in [1.54, 1.807) is 12.4 Å². The number of hydrogen-bond acceptors (Lipinski definition) is 6. The van der Waals surface area contributed by atoms with Crippen molar-refractivity contribution in [1.29, 1.82) is 0 Å². The van der Waals surface area contributed by atoms with Crippen LogP contribution in [0.2, 0.25) is 0 Å². The van der Waals surface area contributed by atoms with Crippen molar-refractivity contribution in [2.75, 3.05) is 13.1 Å². The summed E-state index contributed by atoms with van der Waals surface area (Å²) >= 11 is 0. The van der Waals surface area contributed by atoms with Gasteiger partial charge in [-0.3, -0.25) is 19.8 Å². The molecule has 0 bridgehead atoms. The number of H-pyrrole nitrogens is 1. The van der Waals surface area contributed by atoms with Crippen LogP contribution < -0.4 is 4.74 Å². The minimum Gasteiger partial charge on any atom is -0.481 e. The van der Waals surface area contributed by atoms with E-state index in [0.29, 0.717) is 23.5 Å². The first kappa shape index (κ1) is 18.9. The molecule has 2 atom stereocenters. The predicted octanol–water partition coefficient (Wildman–Crippen LogP) is 3.57. The molecule has 8 nitrogen and oxygen atoms in total. The van der Waals surface area contributed by atoms with Crippen LogP contribution in [0, 0.1) is 17.8 Å². The molecule has 4 heterocycles. The number of rotatable bonds is 6. The van der Waals surface area contributed by atoms with Crippen LogP contribution in [0.1, 0.15) is 5.69 Å². The van der Waals surface area contributed by atoms with E-state index in [0.717, 1.165) is 47.5 Å². The molecule has 32 heavy (non-hydrogen) atoms. The maximum atomic E-state index is 11.1. The van der Waals surface area contributed by atoms with Gasteiger partial charge in [-0.1, -0.05) is 6.07 Å². The Morgan fingerprint density at radius 2 is 2.00 bits per heavy atom. The minimum absolute atomic E-state index is 0.134. The van der Waals surface area contributed by atoms with Crippen LogP contribution in [-0.4, -0.2) is 49.2 Å². The van der Waals surface area contributed by atoms with Crippen molar-refractivity contribution in [2.45, 2.75) is 6.54 Å². The Kier molecular flexibility index (Phi) is 4.39. The number of pyridine rings is 2. The van der Waals surface area contributed by atoms with E-state index < -0.39 is 5.97 Å². The highest BCUT2D eigenvalue weighted by molar-refractivity contribution is 5.80. The highest BCUT2D eigenvalue weighted by atomic mass is 16.5. The van der Waals surface area contributed by atoms with Crippen LogP contribution in [-0.2, 0) is 11.3 Å². The first-order valence-corrected chi connectivity index (χ1v) is 10.6. The van der Waals surface area contributed by atoms with Gasteiger partial charge in [0.05, 0.1) is 22.8 Å². The fourth-order valence-electron chi connectivity index (χ4n) is 4.77. The third kappa shape index (κ3) is 3.48. The molecule has 0 amide bonds. The van der Waals surface area contributed by atoms with Gasteiger partial charge in [-0.05, 0) is 48.2 Å². The number of benzene rings is 1. The number of aromatic amines is 1. The van der Waals surface area contributed by atoms with Crippen molar-refractivity contribution >= 4 is 16.9 Å². The van der Waals surface area contributed by atoms with E-state index in [9.17, 15) is 9.90 Å². The average Bonchev–Trinajstić information content (AvgIpc) is 3.13. The fraction of sp³-hybridized carbons (Fsp3) is 0.250. The molecule has 2 unspecified atom stereocenters. The molecule has 2 fully saturated rings. The highest BCUT2D eigenvalue weighted by Crippen LogP contribution is 2.51. The van der Waals surface area contributed by atoms with E-state index >= 15 is 0 Å². The number of aliphatic carboxylic acids is 1. The Labute approximate surface area is 183 Å². The Morgan fingerprint density at radius 3 is 2.72 bits per heavy atom. The number of carbonyl (C=O) groups is 1. The van der Waals surface area contributed by atoms with Crippen LogP contribution >= 0.6 is 0 Å². The van der Waals surface area contributed by atoms with Crippen LogP contribution in [0.3, 0.4) is 0 Å². The number of likely N-dealkylation sites (tertiary alicyclic amines) is 1. The molecular formula is C24H21N5O3. The molecule has 1 saturated carbocycles. The molecule has 1 aliphatic heterocycles. The van der Waals surface area contributed by atoms with Crippen molar-refractivity contribution in [2.24, 2.45) is 17.8 Å². The summed E-state index contributed by atoms with van der Waals surface area (Å²) in [6.07, 6.45) is 3.45. The molecule has 8 heteroatoms. The molecule has 3 aromatic heterocycles. The van der Waals surface area contributed by atoms with Gasteiger partial charge in [0.15, 0.2) is 0 Å². The lowest BCUT2D eigenvalue weighted by atomic mass is 10.2. The number of nitrogens with one attached hydrogen (secondary N) is 1. The summed E-state index contributed by atoms with van der Waals surface area (Å²) in [5.74, 6) is 1.07. The summed E-state index contributed by atoms with van der Waals surface area (Å²) in [7, 11) is 0. The summed E-state index contributed by atoms with van der Waals surface area (Å²) in [5.41, 5.74) is 3.75. The molecule has 0 spiro atoms. The summed E-state index contributed by atoms with van der Waals surface area (Å²) < 4.78 is 5.92. The van der Waals surface area contributed by atoms with Crippen LogP contribution in [0.4, 0.5) is 0 Å². The van der Waals surface area contributed by atoms with Crippen LogP contribution in [0.15, 0.2) is 60.9 Å². The van der Waals surface area contributed by atoms with Crippen molar-refractivity contribution in [1.82, 2.24) is 25.1 Å². The lowest BCUT2D eigenvalue weighted by molar-refractivity contribution is -0.139. The van der Waals surface area contributed by atoms with Crippen molar-refractivity contribution in [3.63, 3.8) is 0 Å². The van der Waals surface area contributed by atoms with Crippen molar-refractivity contribution in [3.05, 3.63) is 66.6 Å². The number of carboxylic acids is 1. The van der Waals surface area contributed by atoms with E-state index in [-0.39, 0.29) is 5.92 Å². The maximum Gasteiger partial charge on any atom is 0.307 e. The van der Waals surface area contributed by atoms with Crippen LogP contribution in [0.25, 0.3) is 22.2 Å². The van der Waals surface area contributed by atoms with E-state index in [4.69, 9.17) is 9.72 Å². The van der Waals surface area contributed by atoms with Crippen LogP contribution in [0.5, 0.6) is 11.6 Å². The summed E-state index contributed by atoms with van der Waals surface area (Å²) in [6.45, 7) is 2.45. The topological polar surface area (TPSA) is 104 Å². The van der Waals surface area contributed by atoms with Gasteiger partial charge in [-0.15, -0.1) is 0 Å². The van der Waals surface area contributed by atoms with Gasteiger partial charge in [0.2, 0.25) is 5.88 Å². The number of fused-ring (bicyclic) bond motifs is 2. The largest absolute Gasteiger partial charge is 0.481 e. The summed E-state index contributed by atoms with van der Waals surface area (Å²) in [4.78, 5) is 22.6. The Balaban J connectivity index is 1.12. The third-order valence-electron chi connectivity index (χ3n) is 6.43. The van der Waals surface area contributed by atoms with E-state index in [1.807, 2.05) is 42.5 Å². The molecular weight excluding hydrogens is 406 g/mol. The van der Waals surface area contributed by atoms with Gasteiger partial charge in [-0.2, -0.15) is 5.10 Å². The normalized spacial score (nSPS) is 22.1. The molecule has 2 N–H and O–H groups in total. The zero-order valence-corrected chi connectivity index (χ0v) is 17.2. The lowest BCUT2D eigenvalue weighted by Gasteiger charge is -2.18. The Hall–Kier alpha value is -3.78. The number of aromatic nitrogens is 4. The zero-order valence-electron chi connectivity index (χ0n) is 17.2. The second-order valence-corrected chi connectivity index (χ2v) is 8.50. The molecule has 1 aliphatic carbocycles. The average molecular weight is 427 g/mol. The molecule has 1 aromatic carbocycles. The molecule has 0 radical (unpaired) electrons. The number of nitrogens with zero attached hydrogens (tertiary/aromatic N) is 4.